The number of nitrogens with zero attached hydrogens (tertiary/aromatic N) is 1. The van der Waals surface area contributed by atoms with Crippen molar-refractivity contribution in [1.82, 2.24) is 4.90 Å². The lowest BCUT2D eigenvalue weighted by molar-refractivity contribution is 0.104. The van der Waals surface area contributed by atoms with Crippen LogP contribution in [0.5, 0.6) is 5.75 Å². The van der Waals surface area contributed by atoms with Crippen LogP contribution in [0.2, 0.25) is 0 Å². The molecule has 5 rings (SSSR count). The molecule has 0 aromatic heterocycles. The number of hydrogen-bond acceptors (Lipinski definition) is 4. The van der Waals surface area contributed by atoms with Gasteiger partial charge in [0.1, 0.15) is 11.9 Å². The van der Waals surface area contributed by atoms with Crippen molar-refractivity contribution < 1.29 is 14.9 Å². The second kappa shape index (κ2) is 4.47. The number of ether oxygens (including phenoxy) is 1. The van der Waals surface area contributed by atoms with E-state index in [9.17, 15) is 10.2 Å². The number of aliphatic hydroxyl groups is 2. The van der Waals surface area contributed by atoms with Crippen LogP contribution in [0.15, 0.2) is 35.4 Å². The minimum atomic E-state index is -0.141. The van der Waals surface area contributed by atoms with Crippen LogP contribution < -0.4 is 4.74 Å². The molecule has 120 valence electrons. The van der Waals surface area contributed by atoms with Gasteiger partial charge in [-0.2, -0.15) is 0 Å². The highest BCUT2D eigenvalue weighted by Crippen LogP contribution is 2.61. The first kappa shape index (κ1) is 13.8. The number of aliphatic hydroxyl groups excluding tert-OH is 2. The maximum Gasteiger partial charge on any atom is 0.136 e. The number of benzene rings is 1. The summed E-state index contributed by atoms with van der Waals surface area (Å²) in [5, 5.41) is 19.6. The predicted molar refractivity (Wildman–Crippen MR) is 86.4 cm³/mol. The zero-order chi connectivity index (χ0) is 15.8. The Morgan fingerprint density at radius 2 is 2.13 bits per heavy atom. The van der Waals surface area contributed by atoms with E-state index in [2.05, 4.69) is 24.1 Å². The van der Waals surface area contributed by atoms with E-state index in [0.29, 0.717) is 6.04 Å². The van der Waals surface area contributed by atoms with E-state index in [1.54, 1.807) is 0 Å². The molecule has 2 aliphatic heterocycles. The SMILES string of the molecule is CN1CC[C@@]23C4=CC=C(CO)[C@@H]2Oc2c(CO)ccc(c23)CC41. The fourth-order valence-electron chi connectivity index (χ4n) is 5.22. The van der Waals surface area contributed by atoms with Crippen LogP contribution in [0, 0.1) is 0 Å². The number of rotatable bonds is 2. The Balaban J connectivity index is 1.84. The predicted octanol–water partition coefficient (Wildman–Crippen LogP) is 1.30. The molecule has 1 saturated heterocycles. The van der Waals surface area contributed by atoms with E-state index >= 15 is 0 Å². The smallest absolute Gasteiger partial charge is 0.136 e. The fraction of sp³-hybridized carbons (Fsp3) is 0.474. The summed E-state index contributed by atoms with van der Waals surface area (Å²) in [4.78, 5) is 2.44. The zero-order valence-corrected chi connectivity index (χ0v) is 13.2. The van der Waals surface area contributed by atoms with Crippen LogP contribution in [0.25, 0.3) is 0 Å². The third-order valence-corrected chi connectivity index (χ3v) is 6.30. The van der Waals surface area contributed by atoms with Crippen molar-refractivity contribution in [2.24, 2.45) is 0 Å². The molecule has 1 spiro atoms. The van der Waals surface area contributed by atoms with Gasteiger partial charge >= 0.3 is 0 Å². The van der Waals surface area contributed by atoms with E-state index in [-0.39, 0.29) is 24.7 Å². The van der Waals surface area contributed by atoms with Gasteiger partial charge in [0.2, 0.25) is 0 Å². The van der Waals surface area contributed by atoms with Gasteiger partial charge in [0, 0.05) is 17.2 Å². The van der Waals surface area contributed by atoms with Gasteiger partial charge in [0.05, 0.1) is 18.6 Å². The molecule has 0 amide bonds. The average Bonchev–Trinajstić information content (AvgIpc) is 2.92. The first-order valence-corrected chi connectivity index (χ1v) is 8.35. The average molecular weight is 311 g/mol. The molecule has 4 nitrogen and oxygen atoms in total. The summed E-state index contributed by atoms with van der Waals surface area (Å²) in [5.41, 5.74) is 5.72. The highest BCUT2D eigenvalue weighted by atomic mass is 16.5. The summed E-state index contributed by atoms with van der Waals surface area (Å²) < 4.78 is 6.39. The lowest BCUT2D eigenvalue weighted by Crippen LogP contribution is -2.58. The minimum Gasteiger partial charge on any atom is -0.484 e. The number of piperidine rings is 1. The summed E-state index contributed by atoms with van der Waals surface area (Å²) in [6.45, 7) is 1.04. The second-order valence-electron chi connectivity index (χ2n) is 7.19. The molecule has 23 heavy (non-hydrogen) atoms. The van der Waals surface area contributed by atoms with Crippen LogP contribution in [-0.2, 0) is 18.4 Å². The van der Waals surface area contributed by atoms with Gasteiger partial charge in [0.15, 0.2) is 0 Å². The number of allylic oxidation sites excluding steroid dienone is 2. The maximum absolute atomic E-state index is 9.83. The topological polar surface area (TPSA) is 52.9 Å². The molecule has 2 heterocycles. The molecule has 2 N–H and O–H groups in total. The van der Waals surface area contributed by atoms with Crippen molar-refractivity contribution in [3.63, 3.8) is 0 Å². The Bertz CT molecular complexity index is 766. The van der Waals surface area contributed by atoms with Gasteiger partial charge in [-0.15, -0.1) is 0 Å². The largest absolute Gasteiger partial charge is 0.484 e. The Morgan fingerprint density at radius 3 is 2.91 bits per heavy atom. The Morgan fingerprint density at radius 1 is 1.26 bits per heavy atom. The molecular weight excluding hydrogens is 290 g/mol. The lowest BCUT2D eigenvalue weighted by Gasteiger charge is -2.53. The van der Waals surface area contributed by atoms with E-state index in [4.69, 9.17) is 4.74 Å². The van der Waals surface area contributed by atoms with Gasteiger partial charge in [-0.3, -0.25) is 4.90 Å². The quantitative estimate of drug-likeness (QED) is 0.864. The Labute approximate surface area is 135 Å². The van der Waals surface area contributed by atoms with E-state index in [1.165, 1.54) is 16.7 Å². The molecule has 3 atom stereocenters. The van der Waals surface area contributed by atoms with Crippen molar-refractivity contribution >= 4 is 0 Å². The van der Waals surface area contributed by atoms with Crippen molar-refractivity contribution in [1.29, 1.82) is 0 Å². The van der Waals surface area contributed by atoms with Crippen molar-refractivity contribution in [2.75, 3.05) is 20.2 Å². The van der Waals surface area contributed by atoms with Gasteiger partial charge in [0.25, 0.3) is 0 Å². The summed E-state index contributed by atoms with van der Waals surface area (Å²) >= 11 is 0. The molecule has 1 aromatic rings. The van der Waals surface area contributed by atoms with Crippen LogP contribution in [0.3, 0.4) is 0 Å². The van der Waals surface area contributed by atoms with Gasteiger partial charge < -0.3 is 14.9 Å². The van der Waals surface area contributed by atoms with E-state index in [1.807, 2.05) is 12.1 Å². The van der Waals surface area contributed by atoms with Gasteiger partial charge in [-0.05, 0) is 43.1 Å². The summed E-state index contributed by atoms with van der Waals surface area (Å²) in [6.07, 6.45) is 6.14. The van der Waals surface area contributed by atoms with E-state index in [0.717, 1.165) is 36.3 Å². The number of likely N-dealkylation sites (tertiary alicyclic amines) is 1. The van der Waals surface area contributed by atoms with Crippen molar-refractivity contribution in [2.45, 2.75) is 37.0 Å². The van der Waals surface area contributed by atoms with Crippen LogP contribution in [0.4, 0.5) is 0 Å². The number of likely N-dealkylation sites (N-methyl/N-ethyl adjacent to an activating group) is 1. The normalized spacial score (nSPS) is 33.7. The molecular formula is C19H21NO3. The third-order valence-electron chi connectivity index (χ3n) is 6.30. The zero-order valence-electron chi connectivity index (χ0n) is 13.2. The maximum atomic E-state index is 9.83. The first-order chi connectivity index (χ1) is 11.2. The minimum absolute atomic E-state index is 0.00797. The first-order valence-electron chi connectivity index (χ1n) is 8.35. The summed E-state index contributed by atoms with van der Waals surface area (Å²) in [7, 11) is 2.20. The lowest BCUT2D eigenvalue weighted by atomic mass is 9.56. The Kier molecular flexibility index (Phi) is 2.68. The van der Waals surface area contributed by atoms with Crippen LogP contribution in [0.1, 0.15) is 23.1 Å². The molecule has 0 radical (unpaired) electrons. The standard InChI is InChI=1S/C19H21NO3/c1-20-7-6-19-14-5-4-13(10-22)18(19)23-17-12(9-21)3-2-11(16(17)19)8-15(14)20/h2-5,15,18,21-22H,6-10H2,1H3/t15?,18-,19-/m0/s1. The summed E-state index contributed by atoms with van der Waals surface area (Å²) in [5.74, 6) is 0.866. The molecule has 2 bridgehead atoms. The molecule has 1 aromatic carbocycles. The molecule has 4 aliphatic rings. The monoisotopic (exact) mass is 311 g/mol. The summed E-state index contributed by atoms with van der Waals surface area (Å²) in [6, 6.07) is 4.57. The molecule has 2 aliphatic carbocycles. The second-order valence-corrected chi connectivity index (χ2v) is 7.19. The van der Waals surface area contributed by atoms with E-state index < -0.39 is 0 Å². The van der Waals surface area contributed by atoms with Crippen LogP contribution >= 0.6 is 0 Å². The fourth-order valence-corrected chi connectivity index (χ4v) is 5.22. The van der Waals surface area contributed by atoms with Gasteiger partial charge in [-0.25, -0.2) is 0 Å². The highest BCUT2D eigenvalue weighted by Gasteiger charge is 2.60. The molecule has 1 unspecified atom stereocenters. The highest BCUT2D eigenvalue weighted by molar-refractivity contribution is 5.66. The molecule has 4 heteroatoms. The van der Waals surface area contributed by atoms with Gasteiger partial charge in [-0.1, -0.05) is 24.3 Å². The third kappa shape index (κ3) is 1.47. The number of hydrogen-bond donors (Lipinski definition) is 2. The molecule has 0 saturated carbocycles. The van der Waals surface area contributed by atoms with Crippen molar-refractivity contribution in [3.8, 4) is 5.75 Å². The van der Waals surface area contributed by atoms with Crippen LogP contribution in [-0.4, -0.2) is 47.5 Å². The molecule has 1 fully saturated rings. The van der Waals surface area contributed by atoms with Crippen molar-refractivity contribution in [3.05, 3.63) is 52.1 Å². The Hall–Kier alpha value is -1.62.